The van der Waals surface area contributed by atoms with Crippen LogP contribution >= 0.6 is 0 Å². The van der Waals surface area contributed by atoms with Gasteiger partial charge in [0.05, 0.1) is 5.39 Å². The lowest BCUT2D eigenvalue weighted by atomic mass is 10.1. The van der Waals surface area contributed by atoms with Crippen molar-refractivity contribution in [3.05, 3.63) is 35.4 Å². The maximum Gasteiger partial charge on any atom is 0.205 e. The van der Waals surface area contributed by atoms with Crippen LogP contribution in [0.5, 0.6) is 11.5 Å². The summed E-state index contributed by atoms with van der Waals surface area (Å²) in [7, 11) is 0. The maximum absolute atomic E-state index is 13.2. The van der Waals surface area contributed by atoms with Crippen molar-refractivity contribution < 1.29 is 27.8 Å². The monoisotopic (exact) mass is 232 g/mol. The standard InChI is InChI=1S/C10H4F4O2/c11-4-2-1-3-5(6(4)12)7(13)8(14)10(16)9(3)15/h1-2,15-16H. The highest BCUT2D eigenvalue weighted by Gasteiger charge is 2.23. The topological polar surface area (TPSA) is 40.5 Å². The molecule has 16 heavy (non-hydrogen) atoms. The zero-order valence-corrected chi connectivity index (χ0v) is 7.56. The number of aromatic hydroxyl groups is 2. The first-order valence-corrected chi connectivity index (χ1v) is 4.11. The van der Waals surface area contributed by atoms with Gasteiger partial charge in [-0.25, -0.2) is 13.2 Å². The lowest BCUT2D eigenvalue weighted by Gasteiger charge is -2.07. The molecule has 2 aromatic rings. The van der Waals surface area contributed by atoms with E-state index in [1.165, 1.54) is 0 Å². The van der Waals surface area contributed by atoms with E-state index in [0.717, 1.165) is 6.07 Å². The van der Waals surface area contributed by atoms with Gasteiger partial charge in [0.1, 0.15) is 0 Å². The molecule has 0 saturated heterocycles. The molecule has 84 valence electrons. The average Bonchev–Trinajstić information content (AvgIpc) is 2.27. The number of halogens is 4. The van der Waals surface area contributed by atoms with Crippen molar-refractivity contribution in [2.45, 2.75) is 0 Å². The minimum Gasteiger partial charge on any atom is -0.504 e. The first-order valence-electron chi connectivity index (χ1n) is 4.11. The third-order valence-corrected chi connectivity index (χ3v) is 2.19. The SMILES string of the molecule is Oc1c(F)c(F)c2c(F)c(F)ccc2c1O. The highest BCUT2D eigenvalue weighted by molar-refractivity contribution is 5.91. The molecule has 0 saturated carbocycles. The molecule has 0 aliphatic carbocycles. The summed E-state index contributed by atoms with van der Waals surface area (Å²) in [6.07, 6.45) is 0. The van der Waals surface area contributed by atoms with Gasteiger partial charge in [0.15, 0.2) is 29.0 Å². The fourth-order valence-corrected chi connectivity index (χ4v) is 1.41. The van der Waals surface area contributed by atoms with E-state index in [1.54, 1.807) is 0 Å². The molecule has 0 spiro atoms. The first-order chi connectivity index (χ1) is 7.45. The van der Waals surface area contributed by atoms with E-state index < -0.39 is 45.5 Å². The normalized spacial score (nSPS) is 11.0. The second-order valence-electron chi connectivity index (χ2n) is 3.11. The van der Waals surface area contributed by atoms with Crippen LogP contribution in [0.1, 0.15) is 0 Å². The van der Waals surface area contributed by atoms with Crippen molar-refractivity contribution in [1.82, 2.24) is 0 Å². The lowest BCUT2D eigenvalue weighted by Crippen LogP contribution is -1.94. The number of benzene rings is 2. The molecular formula is C10H4F4O2. The Morgan fingerprint density at radius 3 is 2.00 bits per heavy atom. The van der Waals surface area contributed by atoms with Crippen LogP contribution in [-0.4, -0.2) is 10.2 Å². The average molecular weight is 232 g/mol. The molecule has 0 fully saturated rings. The largest absolute Gasteiger partial charge is 0.504 e. The number of hydrogen-bond donors (Lipinski definition) is 2. The van der Waals surface area contributed by atoms with E-state index >= 15 is 0 Å². The molecular weight excluding hydrogens is 228 g/mol. The van der Waals surface area contributed by atoms with E-state index in [9.17, 15) is 22.7 Å². The summed E-state index contributed by atoms with van der Waals surface area (Å²) in [5.74, 6) is -8.94. The van der Waals surface area contributed by atoms with Gasteiger partial charge in [-0.1, -0.05) is 0 Å². The van der Waals surface area contributed by atoms with Crippen molar-refractivity contribution in [2.75, 3.05) is 0 Å². The fourth-order valence-electron chi connectivity index (χ4n) is 1.41. The predicted octanol–water partition coefficient (Wildman–Crippen LogP) is 2.81. The summed E-state index contributed by atoms with van der Waals surface area (Å²) in [6, 6.07) is 1.47. The second kappa shape index (κ2) is 3.26. The second-order valence-corrected chi connectivity index (χ2v) is 3.11. The molecule has 2 N–H and O–H groups in total. The number of phenolic OH excluding ortho intramolecular Hbond substituents is 2. The Kier molecular flexibility index (Phi) is 2.15. The summed E-state index contributed by atoms with van der Waals surface area (Å²) in [5, 5.41) is 16.7. The molecule has 0 aromatic heterocycles. The van der Waals surface area contributed by atoms with Crippen LogP contribution in [0, 0.1) is 23.3 Å². The zero-order valence-electron chi connectivity index (χ0n) is 7.56. The van der Waals surface area contributed by atoms with Crippen LogP contribution in [0.4, 0.5) is 17.6 Å². The molecule has 0 aliphatic rings. The van der Waals surface area contributed by atoms with Gasteiger partial charge in [0.25, 0.3) is 0 Å². The Hall–Kier alpha value is -1.98. The molecule has 0 atom stereocenters. The van der Waals surface area contributed by atoms with Crippen LogP contribution in [0.3, 0.4) is 0 Å². The number of phenols is 2. The van der Waals surface area contributed by atoms with E-state index in [-0.39, 0.29) is 0 Å². The third kappa shape index (κ3) is 1.19. The van der Waals surface area contributed by atoms with Gasteiger partial charge in [-0.3, -0.25) is 0 Å². The van der Waals surface area contributed by atoms with E-state index in [1.807, 2.05) is 0 Å². The molecule has 2 aromatic carbocycles. The van der Waals surface area contributed by atoms with Gasteiger partial charge in [-0.15, -0.1) is 0 Å². The summed E-state index contributed by atoms with van der Waals surface area (Å²) in [5.41, 5.74) is 0. The van der Waals surface area contributed by atoms with E-state index in [4.69, 9.17) is 5.11 Å². The highest BCUT2D eigenvalue weighted by Crippen LogP contribution is 2.39. The number of hydrogen-bond acceptors (Lipinski definition) is 2. The van der Waals surface area contributed by atoms with Gasteiger partial charge in [-0.05, 0) is 12.1 Å². The van der Waals surface area contributed by atoms with Crippen molar-refractivity contribution in [3.63, 3.8) is 0 Å². The van der Waals surface area contributed by atoms with Crippen LogP contribution in [-0.2, 0) is 0 Å². The molecule has 2 nitrogen and oxygen atoms in total. The molecule has 0 radical (unpaired) electrons. The quantitative estimate of drug-likeness (QED) is 0.541. The van der Waals surface area contributed by atoms with Crippen molar-refractivity contribution in [1.29, 1.82) is 0 Å². The molecule has 6 heteroatoms. The van der Waals surface area contributed by atoms with Gasteiger partial charge < -0.3 is 10.2 Å². The molecule has 0 aliphatic heterocycles. The molecule has 0 unspecified atom stereocenters. The van der Waals surface area contributed by atoms with Crippen molar-refractivity contribution >= 4 is 10.8 Å². The fraction of sp³-hybridized carbons (Fsp3) is 0. The molecule has 0 heterocycles. The molecule has 0 amide bonds. The summed E-state index contributed by atoms with van der Waals surface area (Å²) < 4.78 is 52.1. The van der Waals surface area contributed by atoms with Crippen LogP contribution in [0.25, 0.3) is 10.8 Å². The third-order valence-electron chi connectivity index (χ3n) is 2.19. The van der Waals surface area contributed by atoms with Gasteiger partial charge in [-0.2, -0.15) is 4.39 Å². The van der Waals surface area contributed by atoms with Crippen molar-refractivity contribution in [3.8, 4) is 11.5 Å². The lowest BCUT2D eigenvalue weighted by molar-refractivity contribution is 0.369. The number of rotatable bonds is 0. The van der Waals surface area contributed by atoms with Gasteiger partial charge >= 0.3 is 0 Å². The molecule has 2 rings (SSSR count). The Balaban J connectivity index is 3.09. The van der Waals surface area contributed by atoms with E-state index in [0.29, 0.717) is 6.07 Å². The smallest absolute Gasteiger partial charge is 0.205 e. The summed E-state index contributed by atoms with van der Waals surface area (Å²) in [6.45, 7) is 0. The first kappa shape index (κ1) is 10.5. The number of fused-ring (bicyclic) bond motifs is 1. The van der Waals surface area contributed by atoms with Crippen LogP contribution in [0.15, 0.2) is 12.1 Å². The van der Waals surface area contributed by atoms with Crippen molar-refractivity contribution in [2.24, 2.45) is 0 Å². The Morgan fingerprint density at radius 1 is 0.750 bits per heavy atom. The van der Waals surface area contributed by atoms with Gasteiger partial charge in [0, 0.05) is 5.39 Å². The predicted molar refractivity (Wildman–Crippen MR) is 47.1 cm³/mol. The van der Waals surface area contributed by atoms with Gasteiger partial charge in [0.2, 0.25) is 5.82 Å². The maximum atomic E-state index is 13.2. The van der Waals surface area contributed by atoms with Crippen LogP contribution in [0.2, 0.25) is 0 Å². The molecule has 0 bridgehead atoms. The summed E-state index contributed by atoms with van der Waals surface area (Å²) in [4.78, 5) is 0. The van der Waals surface area contributed by atoms with E-state index in [2.05, 4.69) is 0 Å². The Bertz CT molecular complexity index is 595. The Labute approximate surface area is 86.4 Å². The highest BCUT2D eigenvalue weighted by atomic mass is 19.2. The minimum absolute atomic E-state index is 0.504. The summed E-state index contributed by atoms with van der Waals surface area (Å²) >= 11 is 0. The Morgan fingerprint density at radius 2 is 1.38 bits per heavy atom. The van der Waals surface area contributed by atoms with Crippen LogP contribution < -0.4 is 0 Å². The minimum atomic E-state index is -1.82. The zero-order chi connectivity index (χ0) is 12.0.